The van der Waals surface area contributed by atoms with Crippen LogP contribution >= 0.6 is 11.6 Å². The number of amides is 1. The molecule has 0 unspecified atom stereocenters. The summed E-state index contributed by atoms with van der Waals surface area (Å²) in [6.45, 7) is 0.265. The third-order valence-corrected chi connectivity index (χ3v) is 2.57. The third-order valence-electron chi connectivity index (χ3n) is 2.28. The average Bonchev–Trinajstić information content (AvgIpc) is 2.41. The lowest BCUT2D eigenvalue weighted by molar-refractivity contribution is 0.0950. The molecule has 0 fully saturated rings. The Morgan fingerprint density at radius 3 is 2.83 bits per heavy atom. The van der Waals surface area contributed by atoms with Gasteiger partial charge in [0.05, 0.1) is 23.0 Å². The number of hydrogen-bond acceptors (Lipinski definition) is 3. The summed E-state index contributed by atoms with van der Waals surface area (Å²) in [7, 11) is 0. The molecule has 0 aliphatic heterocycles. The SMILES string of the molecule is O=C(NCc1ccc(F)c(Cl)c1)c1ccnnc1. The van der Waals surface area contributed by atoms with Crippen LogP contribution in [0.25, 0.3) is 0 Å². The predicted molar refractivity (Wildman–Crippen MR) is 64.6 cm³/mol. The van der Waals surface area contributed by atoms with Crippen molar-refractivity contribution in [2.75, 3.05) is 0 Å². The van der Waals surface area contributed by atoms with Crippen molar-refractivity contribution in [1.29, 1.82) is 0 Å². The fourth-order valence-electron chi connectivity index (χ4n) is 1.36. The quantitative estimate of drug-likeness (QED) is 0.926. The van der Waals surface area contributed by atoms with E-state index in [4.69, 9.17) is 11.6 Å². The van der Waals surface area contributed by atoms with Crippen LogP contribution in [0.15, 0.2) is 36.7 Å². The molecule has 4 nitrogen and oxygen atoms in total. The maximum Gasteiger partial charge on any atom is 0.253 e. The highest BCUT2D eigenvalue weighted by Crippen LogP contribution is 2.15. The van der Waals surface area contributed by atoms with Crippen molar-refractivity contribution in [3.8, 4) is 0 Å². The van der Waals surface area contributed by atoms with Crippen LogP contribution in [0.5, 0.6) is 0 Å². The Balaban J connectivity index is 1.99. The highest BCUT2D eigenvalue weighted by Gasteiger charge is 2.06. The van der Waals surface area contributed by atoms with E-state index in [9.17, 15) is 9.18 Å². The van der Waals surface area contributed by atoms with E-state index >= 15 is 0 Å². The summed E-state index contributed by atoms with van der Waals surface area (Å²) in [5, 5.41) is 9.89. The van der Waals surface area contributed by atoms with Gasteiger partial charge in [0.25, 0.3) is 5.91 Å². The first-order chi connectivity index (χ1) is 8.66. The number of rotatable bonds is 3. The number of halogens is 2. The van der Waals surface area contributed by atoms with Gasteiger partial charge in [-0.25, -0.2) is 4.39 Å². The molecule has 18 heavy (non-hydrogen) atoms. The van der Waals surface area contributed by atoms with Crippen molar-refractivity contribution in [3.05, 3.63) is 58.6 Å². The Bertz CT molecular complexity index is 563. The summed E-state index contributed by atoms with van der Waals surface area (Å²) in [5.41, 5.74) is 1.13. The zero-order valence-corrected chi connectivity index (χ0v) is 9.99. The number of carbonyl (C=O) groups is 1. The lowest BCUT2D eigenvalue weighted by atomic mass is 10.2. The highest BCUT2D eigenvalue weighted by molar-refractivity contribution is 6.30. The second-order valence-electron chi connectivity index (χ2n) is 3.56. The van der Waals surface area contributed by atoms with Gasteiger partial charge in [-0.05, 0) is 23.8 Å². The van der Waals surface area contributed by atoms with Gasteiger partial charge in [0.1, 0.15) is 5.82 Å². The first-order valence-corrected chi connectivity index (χ1v) is 5.53. The van der Waals surface area contributed by atoms with E-state index in [1.165, 1.54) is 24.5 Å². The molecular formula is C12H9ClFN3O. The van der Waals surface area contributed by atoms with E-state index in [0.717, 1.165) is 5.56 Å². The molecular weight excluding hydrogens is 257 g/mol. The van der Waals surface area contributed by atoms with Crippen LogP contribution in [-0.2, 0) is 6.54 Å². The van der Waals surface area contributed by atoms with Gasteiger partial charge in [-0.3, -0.25) is 4.79 Å². The van der Waals surface area contributed by atoms with Crippen LogP contribution in [0.3, 0.4) is 0 Å². The Hall–Kier alpha value is -2.01. The van der Waals surface area contributed by atoms with Crippen LogP contribution in [0.4, 0.5) is 4.39 Å². The number of aromatic nitrogens is 2. The molecule has 0 atom stereocenters. The Morgan fingerprint density at radius 1 is 1.33 bits per heavy atom. The van der Waals surface area contributed by atoms with Crippen LogP contribution < -0.4 is 5.32 Å². The molecule has 0 spiro atoms. The molecule has 0 aliphatic rings. The van der Waals surface area contributed by atoms with Gasteiger partial charge < -0.3 is 5.32 Å². The first kappa shape index (κ1) is 12.4. The molecule has 0 bridgehead atoms. The van der Waals surface area contributed by atoms with Crippen molar-refractivity contribution < 1.29 is 9.18 Å². The van der Waals surface area contributed by atoms with Gasteiger partial charge in [-0.2, -0.15) is 10.2 Å². The molecule has 1 amide bonds. The van der Waals surface area contributed by atoms with E-state index in [2.05, 4.69) is 15.5 Å². The molecule has 6 heteroatoms. The summed E-state index contributed by atoms with van der Waals surface area (Å²) in [6.07, 6.45) is 2.80. The summed E-state index contributed by atoms with van der Waals surface area (Å²) in [5.74, 6) is -0.754. The molecule has 0 radical (unpaired) electrons. The topological polar surface area (TPSA) is 54.9 Å². The molecule has 0 saturated carbocycles. The van der Waals surface area contributed by atoms with E-state index in [1.807, 2.05) is 0 Å². The normalized spacial score (nSPS) is 10.1. The van der Waals surface area contributed by atoms with Crippen molar-refractivity contribution in [3.63, 3.8) is 0 Å². The zero-order chi connectivity index (χ0) is 13.0. The zero-order valence-electron chi connectivity index (χ0n) is 9.23. The van der Waals surface area contributed by atoms with E-state index in [0.29, 0.717) is 5.56 Å². The average molecular weight is 266 g/mol. The monoisotopic (exact) mass is 265 g/mol. The van der Waals surface area contributed by atoms with Crippen molar-refractivity contribution >= 4 is 17.5 Å². The molecule has 1 aromatic heterocycles. The van der Waals surface area contributed by atoms with Crippen molar-refractivity contribution in [2.24, 2.45) is 0 Å². The molecule has 1 heterocycles. The van der Waals surface area contributed by atoms with Crippen molar-refractivity contribution in [2.45, 2.75) is 6.54 Å². The lowest BCUT2D eigenvalue weighted by Crippen LogP contribution is -2.22. The standard InChI is InChI=1S/C12H9ClFN3O/c13-10-5-8(1-2-11(10)14)6-15-12(18)9-3-4-16-17-7-9/h1-5,7H,6H2,(H,15,18). The number of carbonyl (C=O) groups excluding carboxylic acids is 1. The summed E-state index contributed by atoms with van der Waals surface area (Å²) in [4.78, 5) is 11.7. The van der Waals surface area contributed by atoms with Gasteiger partial charge in [0.15, 0.2) is 0 Å². The molecule has 2 rings (SSSR count). The maximum absolute atomic E-state index is 12.9. The minimum Gasteiger partial charge on any atom is -0.348 e. The van der Waals surface area contributed by atoms with Crippen molar-refractivity contribution in [1.82, 2.24) is 15.5 Å². The van der Waals surface area contributed by atoms with Gasteiger partial charge >= 0.3 is 0 Å². The lowest BCUT2D eigenvalue weighted by Gasteiger charge is -2.05. The fourth-order valence-corrected chi connectivity index (χ4v) is 1.56. The Morgan fingerprint density at radius 2 is 2.17 bits per heavy atom. The predicted octanol–water partition coefficient (Wildman–Crippen LogP) is 2.20. The van der Waals surface area contributed by atoms with Crippen LogP contribution in [0.1, 0.15) is 15.9 Å². The highest BCUT2D eigenvalue weighted by atomic mass is 35.5. The third kappa shape index (κ3) is 3.01. The van der Waals surface area contributed by atoms with Gasteiger partial charge in [-0.15, -0.1) is 0 Å². The second kappa shape index (κ2) is 5.55. The number of nitrogens with zero attached hydrogens (tertiary/aromatic N) is 2. The first-order valence-electron chi connectivity index (χ1n) is 5.15. The Labute approximate surface area is 108 Å². The largest absolute Gasteiger partial charge is 0.348 e. The number of nitrogens with one attached hydrogen (secondary N) is 1. The van der Waals surface area contributed by atoms with E-state index < -0.39 is 5.82 Å². The minimum absolute atomic E-state index is 0.0346. The number of benzene rings is 1. The second-order valence-corrected chi connectivity index (χ2v) is 3.97. The molecule has 92 valence electrons. The molecule has 1 aromatic carbocycles. The molecule has 2 aromatic rings. The van der Waals surface area contributed by atoms with Gasteiger partial charge in [-0.1, -0.05) is 17.7 Å². The minimum atomic E-state index is -0.481. The number of hydrogen-bond donors (Lipinski definition) is 1. The fraction of sp³-hybridized carbons (Fsp3) is 0.0833. The van der Waals surface area contributed by atoms with Crippen LogP contribution in [-0.4, -0.2) is 16.1 Å². The van der Waals surface area contributed by atoms with Gasteiger partial charge in [0.2, 0.25) is 0 Å². The smallest absolute Gasteiger partial charge is 0.253 e. The molecule has 1 N–H and O–H groups in total. The van der Waals surface area contributed by atoms with Crippen LogP contribution in [0.2, 0.25) is 5.02 Å². The van der Waals surface area contributed by atoms with Crippen LogP contribution in [0, 0.1) is 5.82 Å². The maximum atomic E-state index is 12.9. The Kier molecular flexibility index (Phi) is 3.84. The molecule has 0 saturated heterocycles. The van der Waals surface area contributed by atoms with E-state index in [1.54, 1.807) is 12.1 Å². The molecule has 0 aliphatic carbocycles. The summed E-state index contributed by atoms with van der Waals surface area (Å²) < 4.78 is 12.9. The summed E-state index contributed by atoms with van der Waals surface area (Å²) in [6, 6.07) is 5.85. The summed E-state index contributed by atoms with van der Waals surface area (Å²) >= 11 is 5.64. The van der Waals surface area contributed by atoms with Gasteiger partial charge in [0, 0.05) is 6.54 Å². The van der Waals surface area contributed by atoms with E-state index in [-0.39, 0.29) is 17.5 Å².